The molecule has 0 fully saturated rings. The van der Waals surface area contributed by atoms with Crippen molar-refractivity contribution in [3.8, 4) is 17.2 Å². The maximum atomic E-state index is 12.0. The molecule has 2 atom stereocenters. The molecule has 2 unspecified atom stereocenters. The topological polar surface area (TPSA) is 239 Å². The van der Waals surface area contributed by atoms with Gasteiger partial charge in [-0.15, -0.1) is 0 Å². The molecule has 0 radical (unpaired) electrons. The second-order valence-electron chi connectivity index (χ2n) is 9.70. The maximum Gasteiger partial charge on any atom is 1.00 e. The average Bonchev–Trinajstić information content (AvgIpc) is 2.90. The molecule has 48 heavy (non-hydrogen) atoms. The van der Waals surface area contributed by atoms with Crippen molar-refractivity contribution in [3.05, 3.63) is 89.5 Å². The molecule has 0 aromatic heterocycles. The molecule has 3 aromatic carbocycles. The van der Waals surface area contributed by atoms with E-state index < -0.39 is 31.3 Å². The minimum atomic E-state index is -5.32. The summed E-state index contributed by atoms with van der Waals surface area (Å²) in [7, 11) is -17.1. The van der Waals surface area contributed by atoms with E-state index in [1.807, 2.05) is 38.1 Å². The quantitative estimate of drug-likeness (QED) is 0.0606. The van der Waals surface area contributed by atoms with Crippen molar-refractivity contribution in [2.75, 3.05) is 27.2 Å². The average molecular weight is 771 g/mol. The molecular formula is C26H35NNa2O15P4. The standard InChI is InChI=1S/C26H33NO15P4.2Na.2H/c1-4-25(19-5-13-23(14-6-19)39-45(34,35)41-43(28,29)30)26(20-7-11-22(12-8-20)38-18-17-27(2)3)21-9-15-24(16-10-21)40-46(36,37)42-44(31,32)33;;;;/h5-16H,4,17-18H2,1-3H3,(H,34,35)(H,36,37)(H2,28,29,30)(H2,31,32,33);;;;/q;2*+1;2*-1/b26-25+;;;;. The number of nitrogens with zero attached hydrogens (tertiary/aromatic N) is 1. The summed E-state index contributed by atoms with van der Waals surface area (Å²) in [5.74, 6) is 0.215. The van der Waals surface area contributed by atoms with Gasteiger partial charge in [-0.2, -0.15) is 8.62 Å². The largest absolute Gasteiger partial charge is 1.00 e. The van der Waals surface area contributed by atoms with Crippen LogP contribution < -0.4 is 72.9 Å². The van der Waals surface area contributed by atoms with Gasteiger partial charge in [0, 0.05) is 6.54 Å². The molecule has 0 heterocycles. The summed E-state index contributed by atoms with van der Waals surface area (Å²) in [6, 6.07) is 18.7. The van der Waals surface area contributed by atoms with E-state index in [-0.39, 0.29) is 73.5 Å². The summed E-state index contributed by atoms with van der Waals surface area (Å²) in [4.78, 5) is 56.8. The molecule has 22 heteroatoms. The Morgan fingerprint density at radius 1 is 0.625 bits per heavy atom. The number of benzene rings is 3. The summed E-state index contributed by atoms with van der Waals surface area (Å²) < 4.78 is 69.0. The van der Waals surface area contributed by atoms with Gasteiger partial charge in [-0.25, -0.2) is 18.3 Å². The van der Waals surface area contributed by atoms with E-state index in [1.165, 1.54) is 24.3 Å². The first-order valence-electron chi connectivity index (χ1n) is 13.2. The molecule has 0 aliphatic heterocycles. The van der Waals surface area contributed by atoms with Crippen molar-refractivity contribution in [1.82, 2.24) is 4.90 Å². The third-order valence-electron chi connectivity index (χ3n) is 5.81. The Morgan fingerprint density at radius 2 is 0.979 bits per heavy atom. The van der Waals surface area contributed by atoms with Gasteiger partial charge in [0.05, 0.1) is 0 Å². The number of hydrogen-bond donors (Lipinski definition) is 6. The van der Waals surface area contributed by atoms with Gasteiger partial charge < -0.3 is 41.1 Å². The predicted molar refractivity (Wildman–Crippen MR) is 169 cm³/mol. The molecule has 0 amide bonds. The van der Waals surface area contributed by atoms with Gasteiger partial charge in [-0.3, -0.25) is 9.79 Å². The molecule has 3 rings (SSSR count). The molecule has 0 bridgehead atoms. The van der Waals surface area contributed by atoms with Crippen LogP contribution in [0.5, 0.6) is 17.2 Å². The summed E-state index contributed by atoms with van der Waals surface area (Å²) in [5.41, 5.74) is 3.43. The van der Waals surface area contributed by atoms with E-state index in [0.29, 0.717) is 42.0 Å². The van der Waals surface area contributed by atoms with Crippen LogP contribution >= 0.6 is 31.3 Å². The minimum Gasteiger partial charge on any atom is -1.00 e. The van der Waals surface area contributed by atoms with E-state index in [9.17, 15) is 28.0 Å². The molecule has 6 N–H and O–H groups in total. The number of allylic oxidation sites excluding steroid dienone is 1. The fourth-order valence-corrected chi connectivity index (χ4v) is 7.27. The van der Waals surface area contributed by atoms with Crippen molar-refractivity contribution in [2.45, 2.75) is 13.3 Å². The minimum absolute atomic E-state index is 0. The SMILES string of the molecule is CC/C(=C(/c1ccc(OCCN(C)C)cc1)c1ccc(OP(=O)(O)OP(=O)(O)O)cc1)c1ccc(OP(=O)(O)OP(=O)(O)O)cc1.[H-].[H-].[Na+].[Na+]. The van der Waals surface area contributed by atoms with Crippen molar-refractivity contribution >= 4 is 42.4 Å². The second-order valence-corrected chi connectivity index (χ2v) is 15.2. The number of ether oxygens (including phenoxy) is 1. The van der Waals surface area contributed by atoms with Gasteiger partial charge in [-0.1, -0.05) is 43.3 Å². The van der Waals surface area contributed by atoms with Crippen LogP contribution in [0, 0.1) is 0 Å². The Kier molecular flexibility index (Phi) is 18.2. The molecule has 0 aliphatic rings. The van der Waals surface area contributed by atoms with Crippen LogP contribution in [-0.2, 0) is 26.9 Å². The van der Waals surface area contributed by atoms with Crippen LogP contribution in [0.15, 0.2) is 72.8 Å². The van der Waals surface area contributed by atoms with E-state index in [2.05, 4.69) is 8.62 Å². The van der Waals surface area contributed by atoms with Crippen molar-refractivity contribution in [2.24, 2.45) is 0 Å². The smallest absolute Gasteiger partial charge is 1.00 e. The van der Waals surface area contributed by atoms with Gasteiger partial charge in [-0.05, 0) is 84.8 Å². The third kappa shape index (κ3) is 15.7. The normalized spacial score (nSPS) is 14.8. The Bertz CT molecular complexity index is 1720. The third-order valence-corrected chi connectivity index (χ3v) is 10.0. The fraction of sp³-hybridized carbons (Fsp3) is 0.231. The number of likely N-dealkylation sites (N-methyl/N-ethyl adjacent to an activating group) is 1. The molecule has 3 aromatic rings. The zero-order valence-corrected chi connectivity index (χ0v) is 34.2. The van der Waals surface area contributed by atoms with Gasteiger partial charge >= 0.3 is 90.4 Å². The first-order valence-corrected chi connectivity index (χ1v) is 19.2. The zero-order valence-electron chi connectivity index (χ0n) is 28.6. The molecular weight excluding hydrogens is 736 g/mol. The molecule has 256 valence electrons. The first kappa shape index (κ1) is 45.4. The zero-order chi connectivity index (χ0) is 34.3. The summed E-state index contributed by atoms with van der Waals surface area (Å²) in [5, 5.41) is 0. The van der Waals surface area contributed by atoms with Crippen molar-refractivity contribution in [1.29, 1.82) is 0 Å². The Labute approximate surface area is 324 Å². The number of phosphoric ester groups is 2. The van der Waals surface area contributed by atoms with Crippen LogP contribution in [-0.4, -0.2) is 61.5 Å². The number of rotatable bonds is 16. The van der Waals surface area contributed by atoms with Gasteiger partial charge in [0.25, 0.3) is 0 Å². The molecule has 16 nitrogen and oxygen atoms in total. The summed E-state index contributed by atoms with van der Waals surface area (Å²) >= 11 is 0. The van der Waals surface area contributed by atoms with E-state index in [4.69, 9.17) is 33.4 Å². The maximum absolute atomic E-state index is 12.0. The van der Waals surface area contributed by atoms with E-state index in [1.54, 1.807) is 36.4 Å². The van der Waals surface area contributed by atoms with Gasteiger partial charge in [0.1, 0.15) is 23.9 Å². The van der Waals surface area contributed by atoms with E-state index >= 15 is 0 Å². The number of hydrogen-bond acceptors (Lipinski definition) is 10. The summed E-state index contributed by atoms with van der Waals surface area (Å²) in [6.07, 6.45) is 0.455. The molecule has 0 aliphatic carbocycles. The van der Waals surface area contributed by atoms with Crippen molar-refractivity contribution in [3.63, 3.8) is 0 Å². The number of phosphoric acid groups is 4. The van der Waals surface area contributed by atoms with Gasteiger partial charge in [0.2, 0.25) is 0 Å². The molecule has 0 spiro atoms. The predicted octanol–water partition coefficient (Wildman–Crippen LogP) is -0.594. The van der Waals surface area contributed by atoms with Crippen LogP contribution in [0.3, 0.4) is 0 Å². The first-order chi connectivity index (χ1) is 21.3. The second kappa shape index (κ2) is 19.3. The summed E-state index contributed by atoms with van der Waals surface area (Å²) in [6.45, 7) is 3.05. The van der Waals surface area contributed by atoms with Crippen LogP contribution in [0.4, 0.5) is 0 Å². The monoisotopic (exact) mass is 771 g/mol. The Balaban J connectivity index is 0. The van der Waals surface area contributed by atoms with Crippen LogP contribution in [0.2, 0.25) is 0 Å². The fourth-order valence-electron chi connectivity index (χ4n) is 4.07. The van der Waals surface area contributed by atoms with Gasteiger partial charge in [0.15, 0.2) is 0 Å². The molecule has 0 saturated carbocycles. The van der Waals surface area contributed by atoms with Crippen molar-refractivity contribution < 1.29 is 132 Å². The Morgan fingerprint density at radius 3 is 1.31 bits per heavy atom. The Hall–Kier alpha value is -0.640. The van der Waals surface area contributed by atoms with E-state index in [0.717, 1.165) is 11.1 Å². The molecule has 0 saturated heterocycles. The van der Waals surface area contributed by atoms with Crippen LogP contribution in [0.25, 0.3) is 11.1 Å². The van der Waals surface area contributed by atoms with Crippen LogP contribution in [0.1, 0.15) is 32.9 Å².